The van der Waals surface area contributed by atoms with Crippen LogP contribution in [0.2, 0.25) is 10.0 Å². The third-order valence-electron chi connectivity index (χ3n) is 6.03. The number of hydrogen-bond donors (Lipinski definition) is 0. The van der Waals surface area contributed by atoms with Gasteiger partial charge >= 0.3 is 0 Å². The molecule has 0 spiro atoms. The second-order valence-corrected chi connectivity index (χ2v) is 9.95. The summed E-state index contributed by atoms with van der Waals surface area (Å²) < 4.78 is 12.7. The van der Waals surface area contributed by atoms with Gasteiger partial charge in [0, 0.05) is 10.4 Å². The third kappa shape index (κ3) is 2.89. The normalized spacial score (nSPS) is 36.2. The third-order valence-corrected chi connectivity index (χ3v) is 8.06. The number of rotatable bonds is 4. The Morgan fingerprint density at radius 3 is 2.22 bits per heavy atom. The van der Waals surface area contributed by atoms with Gasteiger partial charge in [-0.15, -0.1) is 0 Å². The molecule has 2 nitrogen and oxygen atoms in total. The first-order valence-electron chi connectivity index (χ1n) is 8.32. The van der Waals surface area contributed by atoms with Crippen molar-refractivity contribution in [2.45, 2.75) is 43.4 Å². The lowest BCUT2D eigenvalue weighted by molar-refractivity contribution is -0.141. The molecule has 124 valence electrons. The van der Waals surface area contributed by atoms with Gasteiger partial charge in [-0.05, 0) is 74.5 Å². The van der Waals surface area contributed by atoms with E-state index in [1.54, 1.807) is 18.2 Å². The van der Waals surface area contributed by atoms with Crippen LogP contribution in [0.4, 0.5) is 0 Å². The quantitative estimate of drug-likeness (QED) is 0.756. The van der Waals surface area contributed by atoms with Crippen molar-refractivity contribution in [3.05, 3.63) is 28.2 Å². The Balaban J connectivity index is 1.54. The Kier molecular flexibility index (Phi) is 4.10. The summed E-state index contributed by atoms with van der Waals surface area (Å²) >= 11 is 12.1. The first-order valence-corrected chi connectivity index (χ1v) is 10.4. The fraction of sp³-hybridized carbons (Fsp3) is 0.611. The molecule has 1 unspecified atom stereocenters. The van der Waals surface area contributed by atoms with Crippen molar-refractivity contribution in [3.8, 4) is 0 Å². The van der Waals surface area contributed by atoms with Crippen LogP contribution in [0, 0.1) is 23.2 Å². The molecule has 4 aliphatic rings. The lowest BCUT2D eigenvalue weighted by Crippen LogP contribution is -2.51. The maximum atomic E-state index is 13.0. The predicted molar refractivity (Wildman–Crippen MR) is 93.3 cm³/mol. The molecule has 0 aromatic heterocycles. The molecule has 5 rings (SSSR count). The van der Waals surface area contributed by atoms with E-state index in [4.69, 9.17) is 23.2 Å². The zero-order chi connectivity index (χ0) is 16.2. The van der Waals surface area contributed by atoms with Crippen LogP contribution in [0.25, 0.3) is 0 Å². The molecular formula is C18H20Cl2O2S. The second kappa shape index (κ2) is 5.86. The van der Waals surface area contributed by atoms with Gasteiger partial charge in [-0.25, -0.2) is 0 Å². The number of carbonyl (C=O) groups is 1. The Bertz CT molecular complexity index is 650. The molecule has 0 radical (unpaired) electrons. The largest absolute Gasteiger partial charge is 0.298 e. The van der Waals surface area contributed by atoms with Crippen LogP contribution in [0.5, 0.6) is 0 Å². The molecule has 1 atom stereocenters. The maximum absolute atomic E-state index is 13.0. The number of Topliss-reactive ketones (excluding diaryl/α,β-unsaturated/α-hetero) is 1. The Hall–Kier alpha value is -0.380. The first-order chi connectivity index (χ1) is 10.9. The number of ketones is 1. The Labute approximate surface area is 149 Å². The molecule has 4 fully saturated rings. The summed E-state index contributed by atoms with van der Waals surface area (Å²) in [7, 11) is -1.41. The monoisotopic (exact) mass is 370 g/mol. The van der Waals surface area contributed by atoms with E-state index in [0.29, 0.717) is 32.7 Å². The van der Waals surface area contributed by atoms with E-state index >= 15 is 0 Å². The standard InChI is InChI=1S/C18H20Cl2O2S/c19-14-1-2-15(20)16(6-14)23(22)10-17(21)18-7-11-3-12(8-18)5-13(4-11)9-18/h1-2,6,11-13H,3-5,7-10H2. The van der Waals surface area contributed by atoms with E-state index in [2.05, 4.69) is 0 Å². The predicted octanol–water partition coefficient (Wildman–Crippen LogP) is 4.89. The van der Waals surface area contributed by atoms with Gasteiger partial charge in [0.15, 0.2) is 5.78 Å². The Morgan fingerprint density at radius 1 is 1.09 bits per heavy atom. The fourth-order valence-corrected chi connectivity index (χ4v) is 7.31. The summed E-state index contributed by atoms with van der Waals surface area (Å²) in [5.74, 6) is 2.41. The van der Waals surface area contributed by atoms with Crippen LogP contribution in [0.1, 0.15) is 38.5 Å². The van der Waals surface area contributed by atoms with Crippen LogP contribution in [-0.2, 0) is 15.6 Å². The van der Waals surface area contributed by atoms with Crippen LogP contribution in [-0.4, -0.2) is 15.7 Å². The van der Waals surface area contributed by atoms with Gasteiger partial charge in [-0.2, -0.15) is 0 Å². The van der Waals surface area contributed by atoms with Crippen molar-refractivity contribution < 1.29 is 9.00 Å². The first kappa shape index (κ1) is 16.1. The smallest absolute Gasteiger partial charge is 0.151 e. The molecule has 0 amide bonds. The highest BCUT2D eigenvalue weighted by molar-refractivity contribution is 7.86. The van der Waals surface area contributed by atoms with Crippen molar-refractivity contribution in [1.82, 2.24) is 0 Å². The molecule has 4 aliphatic carbocycles. The van der Waals surface area contributed by atoms with Gasteiger partial charge in [0.25, 0.3) is 0 Å². The van der Waals surface area contributed by atoms with E-state index in [0.717, 1.165) is 19.3 Å². The summed E-state index contributed by atoms with van der Waals surface area (Å²) in [6, 6.07) is 4.94. The number of hydrogen-bond acceptors (Lipinski definition) is 2. The van der Waals surface area contributed by atoms with Crippen molar-refractivity contribution in [2.75, 3.05) is 5.75 Å². The molecule has 0 saturated heterocycles. The second-order valence-electron chi connectivity index (χ2n) is 7.69. The highest BCUT2D eigenvalue weighted by Gasteiger charge is 2.54. The zero-order valence-corrected chi connectivity index (χ0v) is 15.2. The van der Waals surface area contributed by atoms with Gasteiger partial charge in [-0.3, -0.25) is 9.00 Å². The minimum atomic E-state index is -1.41. The van der Waals surface area contributed by atoms with Crippen molar-refractivity contribution in [1.29, 1.82) is 0 Å². The molecular weight excluding hydrogens is 351 g/mol. The van der Waals surface area contributed by atoms with E-state index in [-0.39, 0.29) is 17.0 Å². The van der Waals surface area contributed by atoms with Gasteiger partial charge < -0.3 is 0 Å². The SMILES string of the molecule is O=C(CS(=O)c1cc(Cl)ccc1Cl)C12CC3CC(CC(C3)C1)C2. The topological polar surface area (TPSA) is 34.1 Å². The number of benzene rings is 1. The lowest BCUT2D eigenvalue weighted by Gasteiger charge is -2.55. The summed E-state index contributed by atoms with van der Waals surface area (Å²) in [6.45, 7) is 0. The molecule has 23 heavy (non-hydrogen) atoms. The highest BCUT2D eigenvalue weighted by Crippen LogP contribution is 2.60. The Morgan fingerprint density at radius 2 is 1.65 bits per heavy atom. The number of halogens is 2. The van der Waals surface area contributed by atoms with Crippen LogP contribution < -0.4 is 0 Å². The zero-order valence-electron chi connectivity index (χ0n) is 12.9. The van der Waals surface area contributed by atoms with Crippen LogP contribution >= 0.6 is 23.2 Å². The van der Waals surface area contributed by atoms with Crippen molar-refractivity contribution in [2.24, 2.45) is 23.2 Å². The molecule has 4 saturated carbocycles. The molecule has 4 bridgehead atoms. The minimum absolute atomic E-state index is 0.0756. The van der Waals surface area contributed by atoms with E-state index in [1.165, 1.54) is 19.3 Å². The van der Waals surface area contributed by atoms with Crippen LogP contribution in [0.3, 0.4) is 0 Å². The maximum Gasteiger partial charge on any atom is 0.151 e. The number of carbonyl (C=O) groups excluding carboxylic acids is 1. The average Bonchev–Trinajstić information content (AvgIpc) is 2.48. The van der Waals surface area contributed by atoms with E-state index < -0.39 is 10.8 Å². The molecule has 0 N–H and O–H groups in total. The van der Waals surface area contributed by atoms with Crippen LogP contribution in [0.15, 0.2) is 23.1 Å². The summed E-state index contributed by atoms with van der Waals surface area (Å²) in [4.78, 5) is 13.5. The van der Waals surface area contributed by atoms with Gasteiger partial charge in [0.2, 0.25) is 0 Å². The minimum Gasteiger partial charge on any atom is -0.298 e. The lowest BCUT2D eigenvalue weighted by atomic mass is 9.48. The van der Waals surface area contributed by atoms with Crippen molar-refractivity contribution >= 4 is 39.8 Å². The molecule has 1 aromatic carbocycles. The highest BCUT2D eigenvalue weighted by atomic mass is 35.5. The summed E-state index contributed by atoms with van der Waals surface area (Å²) in [6.07, 6.45) is 6.94. The van der Waals surface area contributed by atoms with E-state index in [1.807, 2.05) is 0 Å². The van der Waals surface area contributed by atoms with Gasteiger partial charge in [0.05, 0.1) is 26.5 Å². The molecule has 1 aromatic rings. The molecule has 5 heteroatoms. The molecule has 0 aliphatic heterocycles. The summed E-state index contributed by atoms with van der Waals surface area (Å²) in [5.41, 5.74) is -0.199. The van der Waals surface area contributed by atoms with E-state index in [9.17, 15) is 9.00 Å². The fourth-order valence-electron chi connectivity index (χ4n) is 5.45. The average molecular weight is 371 g/mol. The molecule has 0 heterocycles. The summed E-state index contributed by atoms with van der Waals surface area (Å²) in [5, 5.41) is 0.922. The van der Waals surface area contributed by atoms with Crippen molar-refractivity contribution in [3.63, 3.8) is 0 Å². The van der Waals surface area contributed by atoms with Gasteiger partial charge in [-0.1, -0.05) is 23.2 Å². The van der Waals surface area contributed by atoms with Gasteiger partial charge in [0.1, 0.15) is 0 Å².